The number of benzene rings is 4. The maximum Gasteiger partial charge on any atom is 0.137 e. The average molecular weight is 605 g/mol. The van der Waals surface area contributed by atoms with Crippen LogP contribution in [0.15, 0.2) is 97.2 Å². The van der Waals surface area contributed by atoms with Gasteiger partial charge in [-0.15, -0.1) is 0 Å². The summed E-state index contributed by atoms with van der Waals surface area (Å²) in [4.78, 5) is 4.73. The van der Waals surface area contributed by atoms with Crippen molar-refractivity contribution in [3.8, 4) is 34.1 Å². The number of hydrogen-bond donors (Lipinski definition) is 0. The van der Waals surface area contributed by atoms with Gasteiger partial charge in [0, 0.05) is 34.7 Å². The number of ether oxygens (including phenoxy) is 1. The highest BCUT2D eigenvalue weighted by Crippen LogP contribution is 2.38. The number of aromatic nitrogens is 4. The molecule has 3 heterocycles. The third kappa shape index (κ3) is 5.16. The van der Waals surface area contributed by atoms with Crippen LogP contribution in [0, 0.1) is 27.7 Å². The standard InChI is InChI=1S/C41H40N4O/c1-7-12-37-41(40-28(5)21-27(4)22-29(40)6)35(8-2)43-45(37)30-13-11-14-31(24-30)46-32-17-18-34-33-15-9-10-16-36(33)44(38(34)25-32)39-23-26(3)19-20-42-39/h9-11,13-25H,7-8,12H2,1-6H3. The second kappa shape index (κ2) is 12.0. The molecule has 0 bridgehead atoms. The Morgan fingerprint density at radius 1 is 0.674 bits per heavy atom. The molecule has 0 fully saturated rings. The van der Waals surface area contributed by atoms with E-state index in [0.29, 0.717) is 0 Å². The normalized spacial score (nSPS) is 11.5. The summed E-state index contributed by atoms with van der Waals surface area (Å²) in [7, 11) is 0. The van der Waals surface area contributed by atoms with Crippen LogP contribution in [-0.4, -0.2) is 19.3 Å². The van der Waals surface area contributed by atoms with E-state index in [0.717, 1.165) is 59.0 Å². The van der Waals surface area contributed by atoms with Gasteiger partial charge in [0.1, 0.15) is 17.3 Å². The van der Waals surface area contributed by atoms with Crippen molar-refractivity contribution in [3.63, 3.8) is 0 Å². The number of aryl methyl sites for hydroxylation is 5. The lowest BCUT2D eigenvalue weighted by atomic mass is 9.90. The van der Waals surface area contributed by atoms with E-state index in [-0.39, 0.29) is 0 Å². The van der Waals surface area contributed by atoms with Crippen LogP contribution >= 0.6 is 0 Å². The molecule has 4 aromatic carbocycles. The minimum absolute atomic E-state index is 0.772. The van der Waals surface area contributed by atoms with Crippen molar-refractivity contribution < 1.29 is 4.74 Å². The minimum atomic E-state index is 0.772. The molecule has 0 spiro atoms. The zero-order chi connectivity index (χ0) is 31.9. The largest absolute Gasteiger partial charge is 0.457 e. The lowest BCUT2D eigenvalue weighted by Gasteiger charge is -2.15. The molecule has 0 saturated heterocycles. The third-order valence-electron chi connectivity index (χ3n) is 8.88. The van der Waals surface area contributed by atoms with Crippen molar-refractivity contribution >= 4 is 21.8 Å². The first-order chi connectivity index (χ1) is 22.4. The molecule has 46 heavy (non-hydrogen) atoms. The molecule has 0 radical (unpaired) electrons. The van der Waals surface area contributed by atoms with E-state index in [2.05, 4.69) is 130 Å². The molecule has 0 aliphatic rings. The van der Waals surface area contributed by atoms with Gasteiger partial charge in [0.25, 0.3) is 0 Å². The van der Waals surface area contributed by atoms with Crippen molar-refractivity contribution in [2.24, 2.45) is 0 Å². The Morgan fingerprint density at radius 2 is 1.43 bits per heavy atom. The first-order valence-electron chi connectivity index (χ1n) is 16.3. The number of rotatable bonds is 8. The molecular weight excluding hydrogens is 564 g/mol. The zero-order valence-corrected chi connectivity index (χ0v) is 27.6. The van der Waals surface area contributed by atoms with Crippen LogP contribution in [-0.2, 0) is 12.8 Å². The monoisotopic (exact) mass is 604 g/mol. The zero-order valence-electron chi connectivity index (χ0n) is 27.6. The summed E-state index contributed by atoms with van der Waals surface area (Å²) in [6.07, 6.45) is 4.71. The highest BCUT2D eigenvalue weighted by atomic mass is 16.5. The lowest BCUT2D eigenvalue weighted by molar-refractivity contribution is 0.482. The van der Waals surface area contributed by atoms with Gasteiger partial charge in [-0.1, -0.05) is 62.2 Å². The Morgan fingerprint density at radius 3 is 2.20 bits per heavy atom. The summed E-state index contributed by atoms with van der Waals surface area (Å²) in [6, 6.07) is 31.9. The molecular formula is C41H40N4O. The van der Waals surface area contributed by atoms with E-state index in [1.165, 1.54) is 49.8 Å². The van der Waals surface area contributed by atoms with Crippen molar-refractivity contribution in [2.75, 3.05) is 0 Å². The van der Waals surface area contributed by atoms with E-state index >= 15 is 0 Å². The fraction of sp³-hybridized carbons (Fsp3) is 0.220. The first kappa shape index (κ1) is 29.5. The second-order valence-corrected chi connectivity index (χ2v) is 12.4. The number of hydrogen-bond acceptors (Lipinski definition) is 3. The quantitative estimate of drug-likeness (QED) is 0.173. The average Bonchev–Trinajstić information content (AvgIpc) is 3.56. The fourth-order valence-electron chi connectivity index (χ4n) is 7.01. The van der Waals surface area contributed by atoms with Gasteiger partial charge in [-0.25, -0.2) is 9.67 Å². The number of fused-ring (bicyclic) bond motifs is 3. The summed E-state index contributed by atoms with van der Waals surface area (Å²) in [5.41, 5.74) is 13.2. The number of nitrogens with zero attached hydrogens (tertiary/aromatic N) is 4. The van der Waals surface area contributed by atoms with Crippen LogP contribution in [0.5, 0.6) is 11.5 Å². The van der Waals surface area contributed by atoms with E-state index in [9.17, 15) is 0 Å². The highest BCUT2D eigenvalue weighted by Gasteiger charge is 2.22. The van der Waals surface area contributed by atoms with Crippen LogP contribution in [0.4, 0.5) is 0 Å². The van der Waals surface area contributed by atoms with Crippen LogP contribution in [0.1, 0.15) is 53.9 Å². The van der Waals surface area contributed by atoms with Crippen LogP contribution in [0.2, 0.25) is 0 Å². The van der Waals surface area contributed by atoms with E-state index in [1.54, 1.807) is 0 Å². The predicted octanol–water partition coefficient (Wildman–Crippen LogP) is 10.6. The number of para-hydroxylation sites is 1. The Kier molecular flexibility index (Phi) is 7.69. The van der Waals surface area contributed by atoms with Gasteiger partial charge in [-0.2, -0.15) is 5.10 Å². The summed E-state index contributed by atoms with van der Waals surface area (Å²) < 4.78 is 11.0. The third-order valence-corrected chi connectivity index (χ3v) is 8.88. The molecule has 230 valence electrons. The molecule has 0 unspecified atom stereocenters. The van der Waals surface area contributed by atoms with Gasteiger partial charge >= 0.3 is 0 Å². The maximum atomic E-state index is 6.58. The summed E-state index contributed by atoms with van der Waals surface area (Å²) in [5, 5.41) is 7.58. The predicted molar refractivity (Wildman–Crippen MR) is 190 cm³/mol. The van der Waals surface area contributed by atoms with Crippen LogP contribution in [0.25, 0.3) is 44.4 Å². The Hall–Kier alpha value is -5.16. The molecule has 0 aliphatic carbocycles. The molecule has 5 heteroatoms. The van der Waals surface area contributed by atoms with Crippen LogP contribution in [0.3, 0.4) is 0 Å². The molecule has 7 rings (SSSR count). The van der Waals surface area contributed by atoms with Crippen molar-refractivity contribution in [3.05, 3.63) is 131 Å². The van der Waals surface area contributed by atoms with E-state index in [4.69, 9.17) is 14.8 Å². The van der Waals surface area contributed by atoms with Crippen molar-refractivity contribution in [1.29, 1.82) is 0 Å². The van der Waals surface area contributed by atoms with Gasteiger partial charge < -0.3 is 4.74 Å². The molecule has 0 amide bonds. The van der Waals surface area contributed by atoms with Crippen molar-refractivity contribution in [1.82, 2.24) is 19.3 Å². The summed E-state index contributed by atoms with van der Waals surface area (Å²) in [6.45, 7) is 13.2. The first-order valence-corrected chi connectivity index (χ1v) is 16.3. The molecule has 0 N–H and O–H groups in total. The molecule has 7 aromatic rings. The van der Waals surface area contributed by atoms with Crippen molar-refractivity contribution in [2.45, 2.75) is 60.8 Å². The van der Waals surface area contributed by atoms with Gasteiger partial charge in [0.15, 0.2) is 0 Å². The molecule has 5 nitrogen and oxygen atoms in total. The minimum Gasteiger partial charge on any atom is -0.457 e. The number of pyridine rings is 1. The highest BCUT2D eigenvalue weighted by molar-refractivity contribution is 6.09. The smallest absolute Gasteiger partial charge is 0.137 e. The molecule has 0 atom stereocenters. The van der Waals surface area contributed by atoms with Gasteiger partial charge in [-0.05, 0) is 105 Å². The Balaban J connectivity index is 1.31. The Labute approximate surface area is 271 Å². The van der Waals surface area contributed by atoms with E-state index < -0.39 is 0 Å². The molecule has 3 aromatic heterocycles. The second-order valence-electron chi connectivity index (χ2n) is 12.4. The lowest BCUT2D eigenvalue weighted by Crippen LogP contribution is -2.04. The molecule has 0 saturated carbocycles. The topological polar surface area (TPSA) is 44.9 Å². The summed E-state index contributed by atoms with van der Waals surface area (Å²) >= 11 is 0. The van der Waals surface area contributed by atoms with Gasteiger partial charge in [0.2, 0.25) is 0 Å². The Bertz CT molecular complexity index is 2210. The van der Waals surface area contributed by atoms with E-state index in [1.807, 2.05) is 18.3 Å². The fourth-order valence-corrected chi connectivity index (χ4v) is 7.01. The molecule has 0 aliphatic heterocycles. The summed E-state index contributed by atoms with van der Waals surface area (Å²) in [5.74, 6) is 2.44. The maximum absolute atomic E-state index is 6.58. The SMILES string of the molecule is CCCc1c(-c2c(C)cc(C)cc2C)c(CC)nn1-c1cccc(Oc2ccc3c4ccccc4n(-c4cc(C)ccn4)c3c2)c1. The van der Waals surface area contributed by atoms with Gasteiger partial charge in [0.05, 0.1) is 28.1 Å². The van der Waals surface area contributed by atoms with Gasteiger partial charge in [-0.3, -0.25) is 4.57 Å². The van der Waals surface area contributed by atoms with Crippen LogP contribution < -0.4 is 4.74 Å².